The minimum atomic E-state index is -0.538. The summed E-state index contributed by atoms with van der Waals surface area (Å²) in [6, 6.07) is 13.7. The first-order valence-electron chi connectivity index (χ1n) is 12.4. The van der Waals surface area contributed by atoms with Crippen LogP contribution in [0.5, 0.6) is 5.75 Å². The van der Waals surface area contributed by atoms with Gasteiger partial charge in [0.2, 0.25) is 0 Å². The summed E-state index contributed by atoms with van der Waals surface area (Å²) < 4.78 is 33.4. The summed E-state index contributed by atoms with van der Waals surface area (Å²) in [4.78, 5) is 4.79. The van der Waals surface area contributed by atoms with Gasteiger partial charge in [0.05, 0.1) is 12.7 Å². The number of nitrogens with zero attached hydrogens (tertiary/aromatic N) is 2. The van der Waals surface area contributed by atoms with Crippen molar-refractivity contribution in [1.82, 2.24) is 9.80 Å². The third-order valence-corrected chi connectivity index (χ3v) is 7.23. The van der Waals surface area contributed by atoms with Gasteiger partial charge in [-0.25, -0.2) is 8.78 Å². The van der Waals surface area contributed by atoms with Crippen LogP contribution in [-0.4, -0.2) is 55.2 Å². The maximum absolute atomic E-state index is 14.2. The second-order valence-electron chi connectivity index (χ2n) is 9.63. The van der Waals surface area contributed by atoms with Crippen molar-refractivity contribution in [2.45, 2.75) is 45.7 Å². The van der Waals surface area contributed by atoms with E-state index in [0.29, 0.717) is 12.0 Å². The monoisotopic (exact) mass is 466 g/mol. The lowest BCUT2D eigenvalue weighted by Crippen LogP contribution is -2.38. The molecule has 0 aromatic heterocycles. The van der Waals surface area contributed by atoms with Gasteiger partial charge in [0.25, 0.3) is 0 Å². The summed E-state index contributed by atoms with van der Waals surface area (Å²) in [5.41, 5.74) is 3.81. The largest absolute Gasteiger partial charge is 0.497 e. The van der Waals surface area contributed by atoms with Crippen molar-refractivity contribution in [3.8, 4) is 5.75 Å². The van der Waals surface area contributed by atoms with Crippen LogP contribution in [0.4, 0.5) is 8.78 Å². The predicted octanol–water partition coefficient (Wildman–Crippen LogP) is 6.26. The number of rotatable bonds is 5. The molecule has 2 aromatic carbocycles. The minimum Gasteiger partial charge on any atom is -0.497 e. The highest BCUT2D eigenvalue weighted by atomic mass is 19.1. The summed E-state index contributed by atoms with van der Waals surface area (Å²) >= 11 is 0. The Balaban J connectivity index is 0.000000172. The van der Waals surface area contributed by atoms with Gasteiger partial charge in [-0.1, -0.05) is 49.4 Å². The molecule has 2 bridgehead atoms. The second-order valence-corrected chi connectivity index (χ2v) is 9.63. The molecule has 0 amide bonds. The molecule has 1 saturated heterocycles. The molecular weight excluding hydrogens is 430 g/mol. The molecule has 0 saturated carbocycles. The molecule has 3 aliphatic rings. The van der Waals surface area contributed by atoms with Crippen molar-refractivity contribution in [2.24, 2.45) is 5.92 Å². The molecule has 0 spiro atoms. The Bertz CT molecular complexity index is 1020. The van der Waals surface area contributed by atoms with Gasteiger partial charge in [0, 0.05) is 43.9 Å². The van der Waals surface area contributed by atoms with Crippen LogP contribution in [0.25, 0.3) is 11.1 Å². The fourth-order valence-electron chi connectivity index (χ4n) is 5.36. The molecule has 5 heteroatoms. The van der Waals surface area contributed by atoms with Crippen LogP contribution in [0, 0.1) is 17.6 Å². The van der Waals surface area contributed by atoms with Gasteiger partial charge < -0.3 is 4.74 Å². The Morgan fingerprint density at radius 1 is 1.09 bits per heavy atom. The Kier molecular flexibility index (Phi) is 7.84. The zero-order valence-electron chi connectivity index (χ0n) is 20.7. The van der Waals surface area contributed by atoms with Crippen LogP contribution in [0.1, 0.15) is 44.7 Å². The van der Waals surface area contributed by atoms with Gasteiger partial charge in [-0.3, -0.25) is 9.80 Å². The molecule has 2 aliphatic heterocycles. The molecule has 5 rings (SSSR count). The zero-order chi connectivity index (χ0) is 24.2. The summed E-state index contributed by atoms with van der Waals surface area (Å²) in [6.07, 6.45) is 6.57. The standard InChI is InChI=1S/C16H19F2NO.C13H17N/c1-9(2)19-8-10-4-12(15(19)5-10)16-13(17)6-11(20-3)7-14(16)18;1-2-14-10-8-13(9-11-14)12-6-4-3-5-7-12/h4,6-7,9-10,15H,5,8H2,1-3H3;3-8H,2,9-11H2,1H3. The number of likely N-dealkylation sites (N-methyl/N-ethyl adjacent to an activating group) is 1. The number of ether oxygens (including phenoxy) is 1. The van der Waals surface area contributed by atoms with Gasteiger partial charge >= 0.3 is 0 Å². The van der Waals surface area contributed by atoms with E-state index in [1.807, 2.05) is 6.08 Å². The van der Waals surface area contributed by atoms with Crippen LogP contribution < -0.4 is 4.74 Å². The van der Waals surface area contributed by atoms with E-state index in [-0.39, 0.29) is 17.4 Å². The molecule has 3 nitrogen and oxygen atoms in total. The van der Waals surface area contributed by atoms with Crippen molar-refractivity contribution in [2.75, 3.05) is 33.3 Å². The van der Waals surface area contributed by atoms with E-state index in [0.717, 1.165) is 25.1 Å². The number of hydrogen-bond acceptors (Lipinski definition) is 3. The molecule has 1 aliphatic carbocycles. The topological polar surface area (TPSA) is 15.7 Å². The van der Waals surface area contributed by atoms with Gasteiger partial charge in [-0.2, -0.15) is 0 Å². The Morgan fingerprint density at radius 3 is 2.32 bits per heavy atom. The van der Waals surface area contributed by atoms with E-state index in [2.05, 4.69) is 67.0 Å². The van der Waals surface area contributed by atoms with Crippen molar-refractivity contribution in [3.63, 3.8) is 0 Å². The number of fused-ring (bicyclic) bond motifs is 2. The van der Waals surface area contributed by atoms with Crippen LogP contribution in [0.3, 0.4) is 0 Å². The third-order valence-electron chi connectivity index (χ3n) is 7.23. The molecule has 1 fully saturated rings. The number of halogens is 2. The van der Waals surface area contributed by atoms with Crippen molar-refractivity contribution in [1.29, 1.82) is 0 Å². The third kappa shape index (κ3) is 5.26. The van der Waals surface area contributed by atoms with Crippen molar-refractivity contribution < 1.29 is 13.5 Å². The number of benzene rings is 2. The van der Waals surface area contributed by atoms with Crippen LogP contribution in [-0.2, 0) is 0 Å². The van der Waals surface area contributed by atoms with E-state index in [9.17, 15) is 8.78 Å². The van der Waals surface area contributed by atoms with Crippen molar-refractivity contribution in [3.05, 3.63) is 77.4 Å². The van der Waals surface area contributed by atoms with E-state index >= 15 is 0 Å². The van der Waals surface area contributed by atoms with Gasteiger partial charge in [0.1, 0.15) is 17.4 Å². The fraction of sp³-hybridized carbons (Fsp3) is 0.448. The number of methoxy groups -OCH3 is 1. The Hall–Kier alpha value is -2.50. The number of likely N-dealkylation sites (tertiary alicyclic amines) is 1. The van der Waals surface area contributed by atoms with Gasteiger partial charge in [0.15, 0.2) is 0 Å². The molecule has 2 aromatic rings. The van der Waals surface area contributed by atoms with Crippen LogP contribution in [0.15, 0.2) is 54.6 Å². The molecule has 2 unspecified atom stereocenters. The maximum atomic E-state index is 14.2. The SMILES string of the molecule is CCN1CC=C(c2ccccc2)CC1.COc1cc(F)c(C2=CC3CC2N(C(C)C)C3)c(F)c1. The van der Waals surface area contributed by atoms with E-state index in [1.54, 1.807) is 0 Å². The normalized spacial score (nSPS) is 22.3. The minimum absolute atomic E-state index is 0.114. The van der Waals surface area contributed by atoms with Crippen LogP contribution in [0.2, 0.25) is 0 Å². The van der Waals surface area contributed by atoms with E-state index < -0.39 is 11.6 Å². The smallest absolute Gasteiger partial charge is 0.137 e. The highest BCUT2D eigenvalue weighted by Gasteiger charge is 2.42. The predicted molar refractivity (Wildman–Crippen MR) is 136 cm³/mol. The summed E-state index contributed by atoms with van der Waals surface area (Å²) in [7, 11) is 1.41. The van der Waals surface area contributed by atoms with Gasteiger partial charge in [-0.05, 0) is 55.9 Å². The molecule has 0 N–H and O–H groups in total. The van der Waals surface area contributed by atoms with Gasteiger partial charge in [-0.15, -0.1) is 0 Å². The molecule has 0 radical (unpaired) electrons. The molecular formula is C29H36F2N2O. The lowest BCUT2D eigenvalue weighted by atomic mass is 9.98. The number of hydrogen-bond donors (Lipinski definition) is 0. The van der Waals surface area contributed by atoms with E-state index in [4.69, 9.17) is 4.74 Å². The zero-order valence-corrected chi connectivity index (χ0v) is 20.7. The highest BCUT2D eigenvalue weighted by Crippen LogP contribution is 2.44. The molecule has 34 heavy (non-hydrogen) atoms. The second kappa shape index (κ2) is 10.8. The van der Waals surface area contributed by atoms with E-state index in [1.165, 1.54) is 49.9 Å². The lowest BCUT2D eigenvalue weighted by Gasteiger charge is -2.32. The molecule has 2 heterocycles. The van der Waals surface area contributed by atoms with Crippen molar-refractivity contribution >= 4 is 11.1 Å². The Morgan fingerprint density at radius 2 is 1.79 bits per heavy atom. The fourth-order valence-corrected chi connectivity index (χ4v) is 5.36. The average Bonchev–Trinajstić information content (AvgIpc) is 3.46. The first kappa shape index (κ1) is 24.6. The summed E-state index contributed by atoms with van der Waals surface area (Å²) in [6.45, 7) is 10.9. The lowest BCUT2D eigenvalue weighted by molar-refractivity contribution is 0.230. The highest BCUT2D eigenvalue weighted by molar-refractivity contribution is 5.74. The quantitative estimate of drug-likeness (QED) is 0.517. The summed E-state index contributed by atoms with van der Waals surface area (Å²) in [5, 5.41) is 0. The first-order chi connectivity index (χ1) is 16.4. The molecule has 182 valence electrons. The van der Waals surface area contributed by atoms with Crippen LogP contribution >= 0.6 is 0 Å². The average molecular weight is 467 g/mol. The summed E-state index contributed by atoms with van der Waals surface area (Å²) in [5.74, 6) is -0.444. The molecule has 2 atom stereocenters. The maximum Gasteiger partial charge on any atom is 0.137 e. The Labute approximate surface area is 202 Å². The first-order valence-corrected chi connectivity index (χ1v) is 12.4.